The minimum atomic E-state index is -4.38. The van der Waals surface area contributed by atoms with Gasteiger partial charge in [0.2, 0.25) is 0 Å². The number of aliphatic hydroxyl groups excluding tert-OH is 1. The largest absolute Gasteiger partial charge is 0.486 e. The van der Waals surface area contributed by atoms with Gasteiger partial charge in [-0.15, -0.1) is 23.2 Å². The molecule has 8 nitrogen and oxygen atoms in total. The van der Waals surface area contributed by atoms with Crippen molar-refractivity contribution in [2.24, 2.45) is 0 Å². The molecule has 3 N–H and O–H groups in total. The van der Waals surface area contributed by atoms with Crippen LogP contribution in [0.2, 0.25) is 0 Å². The van der Waals surface area contributed by atoms with E-state index < -0.39 is 29.6 Å². The van der Waals surface area contributed by atoms with Crippen LogP contribution in [0.5, 0.6) is 11.5 Å². The molecule has 0 aliphatic rings. The number of aliphatic hydroxyl groups is 1. The van der Waals surface area contributed by atoms with Gasteiger partial charge in [-0.1, -0.05) is 74.5 Å². The van der Waals surface area contributed by atoms with Crippen molar-refractivity contribution in [3.63, 3.8) is 0 Å². The maximum absolute atomic E-state index is 12.7. The lowest BCUT2D eigenvalue weighted by molar-refractivity contribution is -0.138. The van der Waals surface area contributed by atoms with Gasteiger partial charge < -0.3 is 24.5 Å². The number of aromatic amines is 2. The molecule has 0 aliphatic carbocycles. The summed E-state index contributed by atoms with van der Waals surface area (Å²) in [7, 11) is 0. The Bertz CT molecular complexity index is 2830. The number of halogens is 8. The highest BCUT2D eigenvalue weighted by Crippen LogP contribution is 2.34. The Labute approximate surface area is 380 Å². The Balaban J connectivity index is 0.000000203. The second-order valence-electron chi connectivity index (χ2n) is 14.4. The summed E-state index contributed by atoms with van der Waals surface area (Å²) in [5.74, 6) is 1.84. The highest BCUT2D eigenvalue weighted by molar-refractivity contribution is 6.40. The first-order valence-corrected chi connectivity index (χ1v) is 21.3. The number of Topliss-reactive ketones (excluding diaryl/α,β-unsaturated/α-hetero) is 1. The van der Waals surface area contributed by atoms with Crippen molar-refractivity contribution < 1.29 is 45.7 Å². The number of hydrogen-bond donors (Lipinski definition) is 3. The predicted molar refractivity (Wildman–Crippen MR) is 241 cm³/mol. The molecule has 0 amide bonds. The minimum Gasteiger partial charge on any atom is -0.486 e. The van der Waals surface area contributed by atoms with Crippen LogP contribution in [0.3, 0.4) is 0 Å². The summed E-state index contributed by atoms with van der Waals surface area (Å²) in [6.07, 6.45) is -8.25. The molecule has 2 aromatic heterocycles. The van der Waals surface area contributed by atoms with Gasteiger partial charge >= 0.3 is 12.4 Å². The molecule has 0 saturated heterocycles. The lowest BCUT2D eigenvalue weighted by Gasteiger charge is -2.14. The van der Waals surface area contributed by atoms with Gasteiger partial charge in [0, 0.05) is 12.0 Å². The van der Waals surface area contributed by atoms with Crippen LogP contribution in [-0.4, -0.2) is 36.2 Å². The number of imidazole rings is 2. The van der Waals surface area contributed by atoms with Crippen molar-refractivity contribution in [2.75, 3.05) is 5.34 Å². The number of hydrogen-bond acceptors (Lipinski definition) is 6. The first kappa shape index (κ1) is 48.1. The van der Waals surface area contributed by atoms with Crippen LogP contribution >= 0.6 is 23.2 Å². The van der Waals surface area contributed by atoms with E-state index in [1.807, 2.05) is 98.8 Å². The van der Waals surface area contributed by atoms with Crippen LogP contribution in [0.25, 0.3) is 44.3 Å². The zero-order chi connectivity index (χ0) is 46.7. The summed E-state index contributed by atoms with van der Waals surface area (Å²) < 4.78 is 87.1. The zero-order valence-electron chi connectivity index (χ0n) is 34.9. The number of carbonyl (C=O) groups is 1. The summed E-state index contributed by atoms with van der Waals surface area (Å²) in [6, 6.07) is 35.8. The summed E-state index contributed by atoms with van der Waals surface area (Å²) >= 11 is 9.53. The SMILES string of the molecule is CCC(=O)c1ccccc1-c1ccc2nc(COc3ccc(C(F)(F)F)cc3)[nH]c2c1.CCC(O)c1ccccc1-c1ccc2nc(COc3ccc(C(F)(F)F)cc3)[nH]c2c1.ClCCl. The van der Waals surface area contributed by atoms with Crippen molar-refractivity contribution in [1.29, 1.82) is 0 Å². The zero-order valence-corrected chi connectivity index (χ0v) is 36.4. The molecule has 0 spiro atoms. The lowest BCUT2D eigenvalue weighted by Crippen LogP contribution is -2.04. The third-order valence-corrected chi connectivity index (χ3v) is 10.1. The van der Waals surface area contributed by atoms with Crippen molar-refractivity contribution in [2.45, 2.75) is 58.4 Å². The van der Waals surface area contributed by atoms with Gasteiger partial charge in [-0.25, -0.2) is 9.97 Å². The molecular weight excluding hydrogens is 893 g/mol. The van der Waals surface area contributed by atoms with E-state index >= 15 is 0 Å². The van der Waals surface area contributed by atoms with Crippen molar-refractivity contribution in [1.82, 2.24) is 19.9 Å². The molecule has 0 aliphatic heterocycles. The first-order chi connectivity index (χ1) is 31.1. The fraction of sp³-hybridized carbons (Fsp3) is 0.204. The molecule has 0 saturated carbocycles. The Morgan fingerprint density at radius 1 is 0.631 bits per heavy atom. The third kappa shape index (κ3) is 12.5. The number of ketones is 1. The van der Waals surface area contributed by atoms with E-state index in [1.54, 1.807) is 0 Å². The third-order valence-electron chi connectivity index (χ3n) is 10.1. The van der Waals surface area contributed by atoms with E-state index in [0.29, 0.717) is 41.6 Å². The van der Waals surface area contributed by atoms with Crippen LogP contribution in [0.4, 0.5) is 26.3 Å². The molecule has 0 radical (unpaired) electrons. The van der Waals surface area contributed by atoms with Crippen molar-refractivity contribution in [3.8, 4) is 33.8 Å². The normalized spacial score (nSPS) is 11.9. The minimum absolute atomic E-state index is 0.0749. The van der Waals surface area contributed by atoms with Crippen molar-refractivity contribution >= 4 is 51.1 Å². The highest BCUT2D eigenvalue weighted by atomic mass is 35.5. The van der Waals surface area contributed by atoms with Gasteiger partial charge in [0.1, 0.15) is 36.4 Å². The van der Waals surface area contributed by atoms with Gasteiger partial charge in [0.15, 0.2) is 5.78 Å². The highest BCUT2D eigenvalue weighted by Gasteiger charge is 2.31. The number of benzene rings is 6. The smallest absolute Gasteiger partial charge is 0.416 e. The molecule has 65 heavy (non-hydrogen) atoms. The number of fused-ring (bicyclic) bond motifs is 2. The second kappa shape index (κ2) is 21.6. The van der Waals surface area contributed by atoms with Gasteiger partial charge in [-0.2, -0.15) is 26.3 Å². The number of alkyl halides is 8. The molecule has 1 unspecified atom stereocenters. The molecule has 2 heterocycles. The predicted octanol–water partition coefficient (Wildman–Crippen LogP) is 14.1. The van der Waals surface area contributed by atoms with Crippen LogP contribution < -0.4 is 9.47 Å². The maximum atomic E-state index is 12.7. The Morgan fingerprint density at radius 3 is 1.51 bits per heavy atom. The molecule has 8 aromatic rings. The Kier molecular flexibility index (Phi) is 16.0. The van der Waals surface area contributed by atoms with Crippen LogP contribution in [-0.2, 0) is 25.6 Å². The number of aromatic nitrogens is 4. The number of rotatable bonds is 12. The van der Waals surface area contributed by atoms with Gasteiger partial charge in [0.05, 0.1) is 44.6 Å². The van der Waals surface area contributed by atoms with Gasteiger partial charge in [-0.3, -0.25) is 4.79 Å². The van der Waals surface area contributed by atoms with Crippen LogP contribution in [0, 0.1) is 0 Å². The number of nitrogens with one attached hydrogen (secondary N) is 2. The topological polar surface area (TPSA) is 113 Å². The Hall–Kier alpha value is -6.35. The number of ether oxygens (including phenoxy) is 2. The molecule has 8 rings (SSSR count). The average Bonchev–Trinajstić information content (AvgIpc) is 3.93. The molecule has 338 valence electrons. The molecule has 1 atom stereocenters. The lowest BCUT2D eigenvalue weighted by atomic mass is 9.95. The summed E-state index contributed by atoms with van der Waals surface area (Å²) in [6.45, 7) is 3.95. The summed E-state index contributed by atoms with van der Waals surface area (Å²) in [5, 5.41) is 10.5. The van der Waals surface area contributed by atoms with E-state index in [4.69, 9.17) is 32.7 Å². The molecular formula is C49H42Cl2F6N4O4. The van der Waals surface area contributed by atoms with Crippen LogP contribution in [0.15, 0.2) is 133 Å². The van der Waals surface area contributed by atoms with E-state index in [-0.39, 0.29) is 24.3 Å². The number of H-pyrrole nitrogens is 2. The average molecular weight is 936 g/mol. The number of carbonyl (C=O) groups excluding carboxylic acids is 1. The molecule has 6 aromatic carbocycles. The van der Waals surface area contributed by atoms with Gasteiger partial charge in [-0.05, 0) is 107 Å². The standard InChI is InChI=1S/C24H21F3N2O2.C24H19F3N2O2.CH2Cl2/c2*1-2-22(30)19-6-4-3-5-18(19)15-7-12-20-21(13-15)29-23(28-20)14-31-17-10-8-16(9-11-17)24(25,26)27;2-1-3/h3-13,22,30H,2,14H2,1H3,(H,28,29);3-13H,2,14H2,1H3,(H,28,29);1H2. The van der Waals surface area contributed by atoms with E-state index in [9.17, 15) is 36.2 Å². The summed E-state index contributed by atoms with van der Waals surface area (Å²) in [5.41, 5.74) is 6.83. The monoisotopic (exact) mass is 934 g/mol. The van der Waals surface area contributed by atoms with E-state index in [2.05, 4.69) is 19.9 Å². The van der Waals surface area contributed by atoms with Crippen molar-refractivity contribution in [3.05, 3.63) is 167 Å². The summed E-state index contributed by atoms with van der Waals surface area (Å²) in [4.78, 5) is 27.6. The van der Waals surface area contributed by atoms with Gasteiger partial charge in [0.25, 0.3) is 0 Å². The molecule has 0 fully saturated rings. The molecule has 16 heteroatoms. The first-order valence-electron chi connectivity index (χ1n) is 20.2. The van der Waals surface area contributed by atoms with E-state index in [1.165, 1.54) is 24.3 Å². The molecule has 0 bridgehead atoms. The quantitative estimate of drug-likeness (QED) is 0.0639. The fourth-order valence-electron chi connectivity index (χ4n) is 6.82. The van der Waals surface area contributed by atoms with E-state index in [0.717, 1.165) is 74.1 Å². The maximum Gasteiger partial charge on any atom is 0.416 e. The second-order valence-corrected chi connectivity index (χ2v) is 15.2. The fourth-order valence-corrected chi connectivity index (χ4v) is 6.82. The number of nitrogens with zero attached hydrogens (tertiary/aromatic N) is 2. The Morgan fingerprint density at radius 2 is 1.06 bits per heavy atom. The van der Waals surface area contributed by atoms with Crippen LogP contribution in [0.1, 0.15) is 71.5 Å².